The van der Waals surface area contributed by atoms with Gasteiger partial charge in [-0.15, -0.1) is 0 Å². The van der Waals surface area contributed by atoms with Gasteiger partial charge in [-0.2, -0.15) is 0 Å². The maximum atomic E-state index is 12.3. The highest BCUT2D eigenvalue weighted by Gasteiger charge is 2.28. The standard InChI is InChI=1S/C20H20N2O3S/c1-3-22-19(23)17(21-20(22)26)12-14-9-10-18(24-2)15(11-14)13-25-16-7-5-4-6-8-16/h4-12H,3,13H2,1-2H3,(H,21,26)/b17-12+. The summed E-state index contributed by atoms with van der Waals surface area (Å²) in [4.78, 5) is 13.9. The molecule has 1 heterocycles. The van der Waals surface area contributed by atoms with Gasteiger partial charge < -0.3 is 14.8 Å². The number of para-hydroxylation sites is 1. The summed E-state index contributed by atoms with van der Waals surface area (Å²) in [5, 5.41) is 3.40. The van der Waals surface area contributed by atoms with Gasteiger partial charge in [-0.25, -0.2) is 0 Å². The number of carbonyl (C=O) groups is 1. The quantitative estimate of drug-likeness (QED) is 0.626. The van der Waals surface area contributed by atoms with Crippen LogP contribution < -0.4 is 14.8 Å². The van der Waals surface area contributed by atoms with E-state index in [0.717, 1.165) is 22.6 Å². The van der Waals surface area contributed by atoms with Crippen molar-refractivity contribution in [2.24, 2.45) is 0 Å². The van der Waals surface area contributed by atoms with Crippen molar-refractivity contribution in [2.45, 2.75) is 13.5 Å². The third-order valence-electron chi connectivity index (χ3n) is 4.03. The summed E-state index contributed by atoms with van der Waals surface area (Å²) in [7, 11) is 1.62. The van der Waals surface area contributed by atoms with E-state index in [2.05, 4.69) is 5.32 Å². The van der Waals surface area contributed by atoms with Crippen molar-refractivity contribution in [2.75, 3.05) is 13.7 Å². The number of hydrogen-bond donors (Lipinski definition) is 1. The first-order valence-electron chi connectivity index (χ1n) is 8.31. The van der Waals surface area contributed by atoms with Crippen molar-refractivity contribution in [3.05, 3.63) is 65.4 Å². The molecule has 0 aliphatic carbocycles. The molecule has 1 aliphatic rings. The van der Waals surface area contributed by atoms with E-state index in [9.17, 15) is 4.79 Å². The van der Waals surface area contributed by atoms with Crippen LogP contribution in [0.5, 0.6) is 11.5 Å². The molecule has 1 aliphatic heterocycles. The molecule has 0 unspecified atom stereocenters. The topological polar surface area (TPSA) is 50.8 Å². The second-order valence-electron chi connectivity index (χ2n) is 5.71. The van der Waals surface area contributed by atoms with Crippen LogP contribution in [0.1, 0.15) is 18.1 Å². The first-order chi connectivity index (χ1) is 12.6. The van der Waals surface area contributed by atoms with Gasteiger partial charge in [0.05, 0.1) is 7.11 Å². The average Bonchev–Trinajstić information content (AvgIpc) is 2.93. The highest BCUT2D eigenvalue weighted by Crippen LogP contribution is 2.24. The van der Waals surface area contributed by atoms with Gasteiger partial charge in [0.15, 0.2) is 5.11 Å². The number of thiocarbonyl (C=S) groups is 1. The molecule has 0 spiro atoms. The number of benzene rings is 2. The maximum absolute atomic E-state index is 12.3. The van der Waals surface area contributed by atoms with Gasteiger partial charge in [-0.05, 0) is 55.0 Å². The Morgan fingerprint density at radius 2 is 1.96 bits per heavy atom. The van der Waals surface area contributed by atoms with Crippen molar-refractivity contribution < 1.29 is 14.3 Å². The summed E-state index contributed by atoms with van der Waals surface area (Å²) in [5.74, 6) is 1.41. The fourth-order valence-corrected chi connectivity index (χ4v) is 3.03. The van der Waals surface area contributed by atoms with Gasteiger partial charge in [-0.3, -0.25) is 9.69 Å². The van der Waals surface area contributed by atoms with E-state index in [1.807, 2.05) is 55.5 Å². The van der Waals surface area contributed by atoms with Crippen LogP contribution in [0.15, 0.2) is 54.2 Å². The van der Waals surface area contributed by atoms with Crippen molar-refractivity contribution in [3.63, 3.8) is 0 Å². The van der Waals surface area contributed by atoms with E-state index in [1.54, 1.807) is 13.2 Å². The Hall–Kier alpha value is -2.86. The lowest BCUT2D eigenvalue weighted by Gasteiger charge is -2.11. The van der Waals surface area contributed by atoms with E-state index in [0.29, 0.717) is 24.0 Å². The Morgan fingerprint density at radius 3 is 2.62 bits per heavy atom. The number of nitrogens with zero attached hydrogens (tertiary/aromatic N) is 1. The molecule has 3 rings (SSSR count). The second kappa shape index (κ2) is 8.01. The normalized spacial score (nSPS) is 15.3. The van der Waals surface area contributed by atoms with Gasteiger partial charge in [0.1, 0.15) is 23.8 Å². The summed E-state index contributed by atoms with van der Waals surface area (Å²) < 4.78 is 11.2. The Kier molecular flexibility index (Phi) is 5.53. The molecule has 0 saturated carbocycles. The highest BCUT2D eigenvalue weighted by atomic mass is 32.1. The van der Waals surface area contributed by atoms with Gasteiger partial charge in [0, 0.05) is 12.1 Å². The Bertz CT molecular complexity index is 849. The van der Waals surface area contributed by atoms with Crippen molar-refractivity contribution in [3.8, 4) is 11.5 Å². The molecule has 1 N–H and O–H groups in total. The minimum absolute atomic E-state index is 0.115. The number of hydrogen-bond acceptors (Lipinski definition) is 4. The second-order valence-corrected chi connectivity index (χ2v) is 6.10. The molecule has 1 fully saturated rings. The Balaban J connectivity index is 1.82. The van der Waals surface area contributed by atoms with Gasteiger partial charge in [0.2, 0.25) is 0 Å². The van der Waals surface area contributed by atoms with Gasteiger partial charge in [0.25, 0.3) is 5.91 Å². The Morgan fingerprint density at radius 1 is 1.19 bits per heavy atom. The lowest BCUT2D eigenvalue weighted by molar-refractivity contribution is -0.122. The van der Waals surface area contributed by atoms with Crippen LogP contribution >= 0.6 is 12.2 Å². The summed E-state index contributed by atoms with van der Waals surface area (Å²) >= 11 is 5.18. The molecule has 26 heavy (non-hydrogen) atoms. The fraction of sp³-hybridized carbons (Fsp3) is 0.200. The maximum Gasteiger partial charge on any atom is 0.276 e. The van der Waals surface area contributed by atoms with Gasteiger partial charge >= 0.3 is 0 Å². The monoisotopic (exact) mass is 368 g/mol. The summed E-state index contributed by atoms with van der Waals surface area (Å²) in [6.07, 6.45) is 1.79. The van der Waals surface area contributed by atoms with E-state index in [1.165, 1.54) is 4.90 Å². The molecule has 6 heteroatoms. The van der Waals surface area contributed by atoms with Crippen LogP contribution in [-0.4, -0.2) is 29.6 Å². The Labute approximate surface area is 158 Å². The minimum Gasteiger partial charge on any atom is -0.496 e. The van der Waals surface area contributed by atoms with Crippen LogP contribution in [-0.2, 0) is 11.4 Å². The van der Waals surface area contributed by atoms with E-state index in [-0.39, 0.29) is 5.91 Å². The van der Waals surface area contributed by atoms with Crippen LogP contribution in [0.2, 0.25) is 0 Å². The van der Waals surface area contributed by atoms with Crippen LogP contribution in [0, 0.1) is 0 Å². The zero-order chi connectivity index (χ0) is 18.5. The van der Waals surface area contributed by atoms with Crippen LogP contribution in [0.25, 0.3) is 6.08 Å². The summed E-state index contributed by atoms with van der Waals surface area (Å²) in [5.41, 5.74) is 2.23. The van der Waals surface area contributed by atoms with E-state index in [4.69, 9.17) is 21.7 Å². The van der Waals surface area contributed by atoms with Crippen LogP contribution in [0.3, 0.4) is 0 Å². The zero-order valence-corrected chi connectivity index (χ0v) is 15.5. The molecule has 5 nitrogen and oxygen atoms in total. The molecular formula is C20H20N2O3S. The fourth-order valence-electron chi connectivity index (χ4n) is 2.70. The molecule has 0 atom stereocenters. The molecule has 1 saturated heterocycles. The first-order valence-corrected chi connectivity index (χ1v) is 8.72. The summed E-state index contributed by atoms with van der Waals surface area (Å²) in [6, 6.07) is 15.3. The number of rotatable bonds is 6. The number of methoxy groups -OCH3 is 1. The first kappa shape index (κ1) is 17.9. The lowest BCUT2D eigenvalue weighted by Crippen LogP contribution is -2.30. The van der Waals surface area contributed by atoms with Gasteiger partial charge in [-0.1, -0.05) is 24.3 Å². The number of nitrogens with one attached hydrogen (secondary N) is 1. The van der Waals surface area contributed by atoms with Crippen molar-refractivity contribution >= 4 is 29.3 Å². The largest absolute Gasteiger partial charge is 0.496 e. The van der Waals surface area contributed by atoms with Crippen molar-refractivity contribution in [1.29, 1.82) is 0 Å². The van der Waals surface area contributed by atoms with Crippen LogP contribution in [0.4, 0.5) is 0 Å². The lowest BCUT2D eigenvalue weighted by atomic mass is 10.1. The number of carbonyl (C=O) groups excluding carboxylic acids is 1. The molecule has 0 radical (unpaired) electrons. The molecule has 1 amide bonds. The molecular weight excluding hydrogens is 348 g/mol. The molecule has 2 aromatic carbocycles. The van der Waals surface area contributed by atoms with Crippen molar-refractivity contribution in [1.82, 2.24) is 10.2 Å². The zero-order valence-electron chi connectivity index (χ0n) is 14.7. The smallest absolute Gasteiger partial charge is 0.276 e. The minimum atomic E-state index is -0.115. The average molecular weight is 368 g/mol. The predicted octanol–water partition coefficient (Wildman–Crippen LogP) is 3.35. The SMILES string of the molecule is CCN1C(=O)/C(=C\c2ccc(OC)c(COc3ccccc3)c2)NC1=S. The molecule has 0 bridgehead atoms. The number of ether oxygens (including phenoxy) is 2. The number of likely N-dealkylation sites (N-methyl/N-ethyl adjacent to an activating group) is 1. The van der Waals surface area contributed by atoms with E-state index < -0.39 is 0 Å². The van der Waals surface area contributed by atoms with E-state index >= 15 is 0 Å². The summed E-state index contributed by atoms with van der Waals surface area (Å²) in [6.45, 7) is 2.80. The molecule has 2 aromatic rings. The molecule has 0 aromatic heterocycles. The molecule has 134 valence electrons. The number of amides is 1. The third-order valence-corrected chi connectivity index (χ3v) is 4.35. The highest BCUT2D eigenvalue weighted by molar-refractivity contribution is 7.80. The third kappa shape index (κ3) is 3.86. The predicted molar refractivity (Wildman–Crippen MR) is 105 cm³/mol.